The van der Waals surface area contributed by atoms with Gasteiger partial charge < -0.3 is 14.0 Å². The third-order valence-corrected chi connectivity index (χ3v) is 4.43. The Balaban J connectivity index is 1.66. The van der Waals surface area contributed by atoms with Crippen molar-refractivity contribution in [3.05, 3.63) is 72.6 Å². The highest BCUT2D eigenvalue weighted by Gasteiger charge is 2.15. The van der Waals surface area contributed by atoms with Crippen molar-refractivity contribution >= 4 is 27.8 Å². The third-order valence-electron chi connectivity index (χ3n) is 4.43. The number of esters is 1. The number of carbonyl (C=O) groups excluding carboxylic acids is 1. The first kappa shape index (κ1) is 17.1. The van der Waals surface area contributed by atoms with Crippen LogP contribution in [-0.4, -0.2) is 22.1 Å². The van der Waals surface area contributed by atoms with Gasteiger partial charge in [-0.2, -0.15) is 0 Å². The van der Waals surface area contributed by atoms with E-state index in [9.17, 15) is 4.79 Å². The maximum atomic E-state index is 12.0. The predicted octanol–water partition coefficient (Wildman–Crippen LogP) is 4.33. The van der Waals surface area contributed by atoms with Gasteiger partial charge in [0, 0.05) is 5.39 Å². The van der Waals surface area contributed by atoms with Gasteiger partial charge in [-0.1, -0.05) is 48.5 Å². The molecule has 0 bridgehead atoms. The monoisotopic (exact) mass is 360 g/mol. The Bertz CT molecular complexity index is 1100. The molecule has 0 amide bonds. The van der Waals surface area contributed by atoms with Gasteiger partial charge in [-0.15, -0.1) is 0 Å². The van der Waals surface area contributed by atoms with Gasteiger partial charge in [0.05, 0.1) is 17.6 Å². The van der Waals surface area contributed by atoms with Crippen LogP contribution in [0.1, 0.15) is 12.7 Å². The second-order valence-electron chi connectivity index (χ2n) is 6.17. The van der Waals surface area contributed by atoms with E-state index in [2.05, 4.69) is 17.1 Å². The zero-order valence-electron chi connectivity index (χ0n) is 15.1. The summed E-state index contributed by atoms with van der Waals surface area (Å²) < 4.78 is 13.1. The summed E-state index contributed by atoms with van der Waals surface area (Å²) in [5.41, 5.74) is 1.72. The maximum Gasteiger partial charge on any atom is 0.326 e. The van der Waals surface area contributed by atoms with Gasteiger partial charge in [-0.3, -0.25) is 4.79 Å². The Morgan fingerprint density at radius 3 is 2.67 bits per heavy atom. The largest absolute Gasteiger partial charge is 0.485 e. The van der Waals surface area contributed by atoms with Crippen molar-refractivity contribution in [1.29, 1.82) is 0 Å². The topological polar surface area (TPSA) is 53.4 Å². The second kappa shape index (κ2) is 7.50. The van der Waals surface area contributed by atoms with E-state index in [0.717, 1.165) is 27.6 Å². The average molecular weight is 360 g/mol. The minimum absolute atomic E-state index is 0.114. The molecule has 0 aliphatic carbocycles. The third kappa shape index (κ3) is 3.49. The predicted molar refractivity (Wildman–Crippen MR) is 105 cm³/mol. The molecule has 0 N–H and O–H groups in total. The molecule has 0 saturated heterocycles. The van der Waals surface area contributed by atoms with E-state index in [-0.39, 0.29) is 19.1 Å². The molecule has 1 aromatic heterocycles. The smallest absolute Gasteiger partial charge is 0.326 e. The number of fused-ring (bicyclic) bond motifs is 2. The first-order chi connectivity index (χ1) is 13.3. The highest BCUT2D eigenvalue weighted by molar-refractivity contribution is 5.88. The van der Waals surface area contributed by atoms with E-state index in [1.165, 1.54) is 0 Å². The summed E-state index contributed by atoms with van der Waals surface area (Å²) in [6, 6.07) is 21.8. The van der Waals surface area contributed by atoms with Gasteiger partial charge in [0.15, 0.2) is 0 Å². The lowest BCUT2D eigenvalue weighted by atomic mass is 10.1. The molecule has 0 spiro atoms. The van der Waals surface area contributed by atoms with Crippen LogP contribution >= 0.6 is 0 Å². The lowest BCUT2D eigenvalue weighted by Crippen LogP contribution is -2.16. The molecule has 5 heteroatoms. The summed E-state index contributed by atoms with van der Waals surface area (Å²) in [6.07, 6.45) is 0. The van der Waals surface area contributed by atoms with Crippen LogP contribution in [0.4, 0.5) is 0 Å². The number of aromatic nitrogens is 2. The number of hydrogen-bond donors (Lipinski definition) is 0. The Morgan fingerprint density at radius 1 is 1.00 bits per heavy atom. The van der Waals surface area contributed by atoms with E-state index in [0.29, 0.717) is 12.4 Å². The van der Waals surface area contributed by atoms with Crippen LogP contribution in [0.2, 0.25) is 0 Å². The first-order valence-electron chi connectivity index (χ1n) is 8.96. The molecule has 0 atom stereocenters. The van der Waals surface area contributed by atoms with Crippen LogP contribution in [0.25, 0.3) is 21.8 Å². The summed E-state index contributed by atoms with van der Waals surface area (Å²) in [5.74, 6) is 1.20. The first-order valence-corrected chi connectivity index (χ1v) is 8.96. The van der Waals surface area contributed by atoms with Crippen LogP contribution < -0.4 is 4.74 Å². The SMILES string of the molecule is CCOC(=O)Cn1c(COc2cccc3ccccc23)nc2ccccc21. The summed E-state index contributed by atoms with van der Waals surface area (Å²) >= 11 is 0. The fraction of sp³-hybridized carbons (Fsp3) is 0.182. The second-order valence-corrected chi connectivity index (χ2v) is 6.17. The average Bonchev–Trinajstić information content (AvgIpc) is 3.04. The van der Waals surface area contributed by atoms with Crippen molar-refractivity contribution in [2.24, 2.45) is 0 Å². The fourth-order valence-corrected chi connectivity index (χ4v) is 3.21. The van der Waals surface area contributed by atoms with Crippen molar-refractivity contribution in [1.82, 2.24) is 9.55 Å². The van der Waals surface area contributed by atoms with Gasteiger partial charge in [0.2, 0.25) is 0 Å². The molecule has 0 aliphatic heterocycles. The molecule has 0 unspecified atom stereocenters. The molecule has 1 heterocycles. The van der Waals surface area contributed by atoms with Gasteiger partial charge in [0.1, 0.15) is 24.7 Å². The summed E-state index contributed by atoms with van der Waals surface area (Å²) in [7, 11) is 0. The number of rotatable bonds is 6. The summed E-state index contributed by atoms with van der Waals surface area (Å²) in [5, 5.41) is 2.17. The van der Waals surface area contributed by atoms with E-state index < -0.39 is 0 Å². The van der Waals surface area contributed by atoms with Crippen molar-refractivity contribution in [3.8, 4) is 5.75 Å². The molecular formula is C22H20N2O3. The Kier molecular flexibility index (Phi) is 4.75. The molecule has 0 aliphatic rings. The van der Waals surface area contributed by atoms with Crippen LogP contribution in [0.5, 0.6) is 5.75 Å². The molecule has 4 aromatic rings. The lowest BCUT2D eigenvalue weighted by molar-refractivity contribution is -0.143. The van der Waals surface area contributed by atoms with Crippen LogP contribution in [0.3, 0.4) is 0 Å². The lowest BCUT2D eigenvalue weighted by Gasteiger charge is -2.11. The molecule has 5 nitrogen and oxygen atoms in total. The molecule has 3 aromatic carbocycles. The van der Waals surface area contributed by atoms with Crippen molar-refractivity contribution in [2.75, 3.05) is 6.61 Å². The van der Waals surface area contributed by atoms with E-state index in [1.807, 2.05) is 59.2 Å². The summed E-state index contributed by atoms with van der Waals surface area (Å²) in [4.78, 5) is 16.7. The normalized spacial score (nSPS) is 11.0. The number of ether oxygens (including phenoxy) is 2. The van der Waals surface area contributed by atoms with Gasteiger partial charge in [0.25, 0.3) is 0 Å². The van der Waals surface area contributed by atoms with E-state index in [1.54, 1.807) is 6.92 Å². The van der Waals surface area contributed by atoms with Crippen LogP contribution in [0.15, 0.2) is 66.7 Å². The number of imidazole rings is 1. The van der Waals surface area contributed by atoms with E-state index >= 15 is 0 Å². The van der Waals surface area contributed by atoms with Gasteiger partial charge in [-0.05, 0) is 30.5 Å². The number of benzene rings is 3. The fourth-order valence-electron chi connectivity index (χ4n) is 3.21. The van der Waals surface area contributed by atoms with Gasteiger partial charge >= 0.3 is 5.97 Å². The Hall–Kier alpha value is -3.34. The molecule has 4 rings (SSSR count). The van der Waals surface area contributed by atoms with Crippen LogP contribution in [0, 0.1) is 0 Å². The number of para-hydroxylation sites is 2. The molecule has 27 heavy (non-hydrogen) atoms. The molecule has 0 radical (unpaired) electrons. The Labute approximate surface area is 157 Å². The number of carbonyl (C=O) groups is 1. The zero-order chi connectivity index (χ0) is 18.6. The highest BCUT2D eigenvalue weighted by Crippen LogP contribution is 2.26. The minimum Gasteiger partial charge on any atom is -0.485 e. The standard InChI is InChI=1S/C22H20N2O3/c1-2-26-22(25)14-24-19-12-6-5-11-18(19)23-21(24)15-27-20-13-7-9-16-8-3-4-10-17(16)20/h3-13H,2,14-15H2,1H3. The molecule has 0 fully saturated rings. The molecule has 136 valence electrons. The van der Waals surface area contributed by atoms with Crippen molar-refractivity contribution in [3.63, 3.8) is 0 Å². The quantitative estimate of drug-likeness (QED) is 0.480. The highest BCUT2D eigenvalue weighted by atomic mass is 16.5. The number of nitrogens with zero attached hydrogens (tertiary/aromatic N) is 2. The molecular weight excluding hydrogens is 340 g/mol. The Morgan fingerprint density at radius 2 is 1.78 bits per heavy atom. The maximum absolute atomic E-state index is 12.0. The minimum atomic E-state index is -0.285. The van der Waals surface area contributed by atoms with Crippen LogP contribution in [-0.2, 0) is 22.7 Å². The summed E-state index contributed by atoms with van der Waals surface area (Å²) in [6.45, 7) is 2.53. The van der Waals surface area contributed by atoms with Crippen molar-refractivity contribution < 1.29 is 14.3 Å². The van der Waals surface area contributed by atoms with Gasteiger partial charge in [-0.25, -0.2) is 4.98 Å². The van der Waals surface area contributed by atoms with E-state index in [4.69, 9.17) is 9.47 Å². The zero-order valence-corrected chi connectivity index (χ0v) is 15.1. The number of hydrogen-bond acceptors (Lipinski definition) is 4. The van der Waals surface area contributed by atoms with Crippen molar-refractivity contribution in [2.45, 2.75) is 20.1 Å². The molecule has 0 saturated carbocycles.